The van der Waals surface area contributed by atoms with E-state index < -0.39 is 0 Å². The van der Waals surface area contributed by atoms with Gasteiger partial charge < -0.3 is 9.84 Å². The summed E-state index contributed by atoms with van der Waals surface area (Å²) < 4.78 is 7.43. The molecule has 0 aliphatic rings. The summed E-state index contributed by atoms with van der Waals surface area (Å²) in [6.07, 6.45) is 0.726. The van der Waals surface area contributed by atoms with Crippen LogP contribution in [0.4, 0.5) is 0 Å². The van der Waals surface area contributed by atoms with Crippen LogP contribution < -0.4 is 0 Å². The maximum Gasteiger partial charge on any atom is 0.195 e. The topological polar surface area (TPSA) is 60.2 Å². The van der Waals surface area contributed by atoms with Gasteiger partial charge in [-0.15, -0.1) is 10.2 Å². The van der Waals surface area contributed by atoms with Gasteiger partial charge in [0.2, 0.25) is 0 Å². The number of benzene rings is 2. The predicted octanol–water partition coefficient (Wildman–Crippen LogP) is 2.96. The van der Waals surface area contributed by atoms with E-state index in [0.29, 0.717) is 13.2 Å². The molecule has 0 unspecified atom stereocenters. The summed E-state index contributed by atoms with van der Waals surface area (Å²) >= 11 is 1.61. The Labute approximate surface area is 151 Å². The van der Waals surface area contributed by atoms with Crippen LogP contribution >= 0.6 is 11.8 Å². The molecule has 1 N–H and O–H groups in total. The van der Waals surface area contributed by atoms with Crippen molar-refractivity contribution in [2.45, 2.75) is 11.6 Å². The van der Waals surface area contributed by atoms with Crippen molar-refractivity contribution < 1.29 is 9.84 Å². The Morgan fingerprint density at radius 1 is 0.920 bits per heavy atom. The molecule has 25 heavy (non-hydrogen) atoms. The molecule has 3 rings (SSSR count). The van der Waals surface area contributed by atoms with Crippen molar-refractivity contribution in [1.29, 1.82) is 0 Å². The predicted molar refractivity (Wildman–Crippen MR) is 99.2 cm³/mol. The van der Waals surface area contributed by atoms with Gasteiger partial charge in [0, 0.05) is 17.9 Å². The Bertz CT molecular complexity index is 763. The third-order valence-corrected chi connectivity index (χ3v) is 4.51. The van der Waals surface area contributed by atoms with Gasteiger partial charge in [0.15, 0.2) is 5.16 Å². The van der Waals surface area contributed by atoms with E-state index in [1.165, 1.54) is 5.56 Å². The van der Waals surface area contributed by atoms with E-state index in [-0.39, 0.29) is 6.61 Å². The molecule has 0 aliphatic carbocycles. The lowest BCUT2D eigenvalue weighted by molar-refractivity contribution is 0.103. The second kappa shape index (κ2) is 9.36. The van der Waals surface area contributed by atoms with E-state index in [1.54, 1.807) is 11.8 Å². The number of aromatic nitrogens is 3. The molecule has 6 heteroatoms. The Morgan fingerprint density at radius 3 is 2.36 bits per heavy atom. The van der Waals surface area contributed by atoms with Gasteiger partial charge in [0.25, 0.3) is 0 Å². The maximum absolute atomic E-state index is 8.76. The third-order valence-electron chi connectivity index (χ3n) is 3.61. The molecular formula is C19H21N3O2S. The summed E-state index contributed by atoms with van der Waals surface area (Å²) in [6, 6.07) is 20.4. The molecule has 3 aromatic rings. The highest BCUT2D eigenvalue weighted by molar-refractivity contribution is 7.99. The van der Waals surface area contributed by atoms with Gasteiger partial charge in [0.05, 0.1) is 19.8 Å². The van der Waals surface area contributed by atoms with Crippen LogP contribution in [0.5, 0.6) is 0 Å². The smallest absolute Gasteiger partial charge is 0.195 e. The largest absolute Gasteiger partial charge is 0.394 e. The minimum absolute atomic E-state index is 0.0477. The molecule has 0 atom stereocenters. The summed E-state index contributed by atoms with van der Waals surface area (Å²) in [4.78, 5) is 0. The quantitative estimate of drug-likeness (QED) is 0.472. The van der Waals surface area contributed by atoms with Crippen molar-refractivity contribution in [1.82, 2.24) is 14.8 Å². The molecule has 5 nitrogen and oxygen atoms in total. The van der Waals surface area contributed by atoms with Crippen LogP contribution in [0.3, 0.4) is 0 Å². The molecule has 0 spiro atoms. The average Bonchev–Trinajstić information content (AvgIpc) is 3.05. The van der Waals surface area contributed by atoms with Gasteiger partial charge in [-0.05, 0) is 17.7 Å². The molecule has 0 fully saturated rings. The fraction of sp³-hybridized carbons (Fsp3) is 0.263. The monoisotopic (exact) mass is 355 g/mol. The van der Waals surface area contributed by atoms with Crippen molar-refractivity contribution >= 4 is 11.8 Å². The van der Waals surface area contributed by atoms with Crippen molar-refractivity contribution in [3.05, 3.63) is 72.1 Å². The zero-order valence-corrected chi connectivity index (χ0v) is 14.7. The number of hydrogen-bond donors (Lipinski definition) is 1. The Morgan fingerprint density at radius 2 is 1.64 bits per heavy atom. The molecule has 0 amide bonds. The highest BCUT2D eigenvalue weighted by Gasteiger charge is 2.14. The molecule has 1 aromatic heterocycles. The molecule has 2 aromatic carbocycles. The molecule has 0 bridgehead atoms. The lowest BCUT2D eigenvalue weighted by Gasteiger charge is -2.10. The third kappa shape index (κ3) is 4.92. The van der Waals surface area contributed by atoms with Crippen LogP contribution in [0.2, 0.25) is 0 Å². The number of aliphatic hydroxyl groups excluding tert-OH is 1. The van der Waals surface area contributed by atoms with E-state index >= 15 is 0 Å². The second-order valence-corrected chi connectivity index (χ2v) is 6.48. The van der Waals surface area contributed by atoms with Crippen LogP contribution in [0, 0.1) is 0 Å². The molecular weight excluding hydrogens is 334 g/mol. The SMILES string of the molecule is OCCOCCSc1nnc(Cc2ccccc2)n1-c1ccccc1. The minimum atomic E-state index is 0.0477. The van der Waals surface area contributed by atoms with Crippen LogP contribution in [0.1, 0.15) is 11.4 Å². The van der Waals surface area contributed by atoms with Gasteiger partial charge in [-0.3, -0.25) is 4.57 Å². The number of para-hydroxylation sites is 1. The van der Waals surface area contributed by atoms with Gasteiger partial charge in [-0.2, -0.15) is 0 Å². The van der Waals surface area contributed by atoms with Crippen LogP contribution in [-0.2, 0) is 11.2 Å². The van der Waals surface area contributed by atoms with Crippen LogP contribution in [0.15, 0.2) is 65.8 Å². The second-order valence-electron chi connectivity index (χ2n) is 5.42. The number of thioether (sulfide) groups is 1. The maximum atomic E-state index is 8.76. The summed E-state index contributed by atoms with van der Waals surface area (Å²) in [6.45, 7) is 0.984. The first-order valence-electron chi connectivity index (χ1n) is 8.23. The fourth-order valence-corrected chi connectivity index (χ4v) is 3.30. The highest BCUT2D eigenvalue weighted by atomic mass is 32.2. The van der Waals surface area contributed by atoms with Gasteiger partial charge in [-0.1, -0.05) is 60.3 Å². The minimum Gasteiger partial charge on any atom is -0.394 e. The van der Waals surface area contributed by atoms with Crippen molar-refractivity contribution in [3.63, 3.8) is 0 Å². The first-order valence-corrected chi connectivity index (χ1v) is 9.22. The van der Waals surface area contributed by atoms with Crippen molar-refractivity contribution in [2.75, 3.05) is 25.6 Å². The lowest BCUT2D eigenvalue weighted by atomic mass is 10.1. The van der Waals surface area contributed by atoms with Crippen molar-refractivity contribution in [2.24, 2.45) is 0 Å². The van der Waals surface area contributed by atoms with E-state index in [9.17, 15) is 0 Å². The number of hydrogen-bond acceptors (Lipinski definition) is 5. The summed E-state index contributed by atoms with van der Waals surface area (Å²) in [5.74, 6) is 1.67. The Balaban J connectivity index is 1.80. The highest BCUT2D eigenvalue weighted by Crippen LogP contribution is 2.23. The van der Waals surface area contributed by atoms with Gasteiger partial charge in [0.1, 0.15) is 5.82 Å². The van der Waals surface area contributed by atoms with Gasteiger partial charge >= 0.3 is 0 Å². The number of nitrogens with zero attached hydrogens (tertiary/aromatic N) is 3. The number of ether oxygens (including phenoxy) is 1. The number of rotatable bonds is 9. The lowest BCUT2D eigenvalue weighted by Crippen LogP contribution is -2.05. The number of aliphatic hydroxyl groups is 1. The van der Waals surface area contributed by atoms with Crippen LogP contribution in [-0.4, -0.2) is 45.4 Å². The summed E-state index contributed by atoms with van der Waals surface area (Å²) in [5.41, 5.74) is 2.26. The molecule has 0 saturated heterocycles. The van der Waals surface area contributed by atoms with E-state index in [0.717, 1.165) is 28.8 Å². The molecule has 130 valence electrons. The zero-order valence-electron chi connectivity index (χ0n) is 13.9. The van der Waals surface area contributed by atoms with E-state index in [2.05, 4.69) is 39.0 Å². The van der Waals surface area contributed by atoms with Crippen molar-refractivity contribution in [3.8, 4) is 5.69 Å². The van der Waals surface area contributed by atoms with E-state index in [4.69, 9.17) is 9.84 Å². The Hall–Kier alpha value is -2.15. The first-order chi connectivity index (χ1) is 12.4. The fourth-order valence-electron chi connectivity index (χ4n) is 2.48. The molecule has 0 radical (unpaired) electrons. The van der Waals surface area contributed by atoms with Crippen LogP contribution in [0.25, 0.3) is 5.69 Å². The standard InChI is InChI=1S/C19H21N3O2S/c23-11-12-24-13-14-25-19-21-20-18(15-16-7-3-1-4-8-16)22(19)17-9-5-2-6-10-17/h1-10,23H,11-15H2. The molecule has 0 aliphatic heterocycles. The molecule has 0 saturated carbocycles. The normalized spacial score (nSPS) is 10.9. The Kier molecular flexibility index (Phi) is 6.62. The summed E-state index contributed by atoms with van der Waals surface area (Å²) in [5, 5.41) is 18.4. The average molecular weight is 355 g/mol. The van der Waals surface area contributed by atoms with E-state index in [1.807, 2.05) is 36.4 Å². The summed E-state index contributed by atoms with van der Waals surface area (Å²) in [7, 11) is 0. The zero-order chi connectivity index (χ0) is 17.3. The first kappa shape index (κ1) is 17.7. The molecule has 1 heterocycles. The van der Waals surface area contributed by atoms with Gasteiger partial charge in [-0.25, -0.2) is 0 Å².